The maximum atomic E-state index is 4.54. The highest BCUT2D eigenvalue weighted by atomic mass is 15.1. The summed E-state index contributed by atoms with van der Waals surface area (Å²) >= 11 is 0. The second kappa shape index (κ2) is 7.80. The third kappa shape index (κ3) is 5.08. The Morgan fingerprint density at radius 2 is 2.06 bits per heavy atom. The fourth-order valence-corrected chi connectivity index (χ4v) is 2.23. The van der Waals surface area contributed by atoms with Gasteiger partial charge in [-0.2, -0.15) is 0 Å². The Morgan fingerprint density at radius 3 is 2.69 bits per heavy atom. The van der Waals surface area contributed by atoms with Crippen molar-refractivity contribution < 1.29 is 0 Å². The van der Waals surface area contributed by atoms with E-state index < -0.39 is 0 Å². The molecule has 0 aromatic rings. The Bertz CT molecular complexity index is 199. The van der Waals surface area contributed by atoms with E-state index in [9.17, 15) is 0 Å². The van der Waals surface area contributed by atoms with Gasteiger partial charge in [-0.15, -0.1) is 0 Å². The summed E-state index contributed by atoms with van der Waals surface area (Å²) in [6.45, 7) is 11.0. The highest BCUT2D eigenvalue weighted by Crippen LogP contribution is 2.10. The number of hydrogen-bond acceptors (Lipinski definition) is 3. The summed E-state index contributed by atoms with van der Waals surface area (Å²) in [5.74, 6) is 0. The second-order valence-electron chi connectivity index (χ2n) is 4.69. The molecule has 0 amide bonds. The quantitative estimate of drug-likeness (QED) is 0.700. The van der Waals surface area contributed by atoms with Gasteiger partial charge in [0.25, 0.3) is 0 Å². The molecule has 0 aromatic carbocycles. The average Bonchev–Trinajstić information content (AvgIpc) is 2.29. The average molecular weight is 225 g/mol. The molecule has 0 aliphatic carbocycles. The van der Waals surface area contributed by atoms with Gasteiger partial charge in [-0.25, -0.2) is 0 Å². The summed E-state index contributed by atoms with van der Waals surface area (Å²) in [5, 5.41) is 3.57. The van der Waals surface area contributed by atoms with Crippen LogP contribution in [-0.4, -0.2) is 49.4 Å². The molecule has 0 spiro atoms. The fourth-order valence-electron chi connectivity index (χ4n) is 2.23. The predicted octanol–water partition coefficient (Wildman–Crippen LogP) is 1.93. The summed E-state index contributed by atoms with van der Waals surface area (Å²) in [6.07, 6.45) is 6.02. The van der Waals surface area contributed by atoms with Crippen LogP contribution < -0.4 is 5.32 Å². The van der Waals surface area contributed by atoms with Crippen LogP contribution in [0.25, 0.3) is 0 Å². The van der Waals surface area contributed by atoms with Crippen molar-refractivity contribution >= 4 is 6.21 Å². The van der Waals surface area contributed by atoms with Crippen molar-refractivity contribution in [3.63, 3.8) is 0 Å². The first-order chi connectivity index (χ1) is 7.76. The van der Waals surface area contributed by atoms with Crippen molar-refractivity contribution in [2.45, 2.75) is 52.1 Å². The first kappa shape index (κ1) is 13.7. The molecule has 2 unspecified atom stereocenters. The molecule has 1 heterocycles. The van der Waals surface area contributed by atoms with Gasteiger partial charge in [0.05, 0.1) is 6.54 Å². The molecular weight excluding hydrogens is 198 g/mol. The van der Waals surface area contributed by atoms with E-state index in [1.807, 2.05) is 0 Å². The van der Waals surface area contributed by atoms with Gasteiger partial charge in [0, 0.05) is 24.8 Å². The minimum Gasteiger partial charge on any atom is -0.307 e. The van der Waals surface area contributed by atoms with Crippen LogP contribution in [0.5, 0.6) is 0 Å². The second-order valence-corrected chi connectivity index (χ2v) is 4.69. The summed E-state index contributed by atoms with van der Waals surface area (Å²) in [7, 11) is 0. The van der Waals surface area contributed by atoms with E-state index in [2.05, 4.69) is 42.2 Å². The number of nitrogens with zero attached hydrogens (tertiary/aromatic N) is 2. The lowest BCUT2D eigenvalue weighted by Crippen LogP contribution is -2.41. The molecule has 3 heteroatoms. The van der Waals surface area contributed by atoms with E-state index in [0.29, 0.717) is 12.1 Å². The lowest BCUT2D eigenvalue weighted by molar-refractivity contribution is 0.313. The molecule has 1 aliphatic rings. The molecule has 0 saturated carbocycles. The molecule has 1 rings (SSSR count). The van der Waals surface area contributed by atoms with Crippen molar-refractivity contribution in [3.05, 3.63) is 0 Å². The molecule has 1 saturated heterocycles. The van der Waals surface area contributed by atoms with Gasteiger partial charge in [-0.05, 0) is 39.3 Å². The molecule has 1 fully saturated rings. The van der Waals surface area contributed by atoms with E-state index in [-0.39, 0.29) is 0 Å². The molecule has 0 radical (unpaired) electrons. The van der Waals surface area contributed by atoms with Gasteiger partial charge in [0.1, 0.15) is 0 Å². The molecule has 94 valence electrons. The smallest absolute Gasteiger partial charge is 0.0513 e. The van der Waals surface area contributed by atoms with Crippen molar-refractivity contribution in [2.24, 2.45) is 4.99 Å². The minimum absolute atomic E-state index is 0.514. The van der Waals surface area contributed by atoms with E-state index in [0.717, 1.165) is 26.2 Å². The SMILES string of the molecule is CCN(CC)CCN=CC1CCCC(C)N1. The van der Waals surface area contributed by atoms with Gasteiger partial charge in [-0.1, -0.05) is 13.8 Å². The molecule has 0 bridgehead atoms. The maximum Gasteiger partial charge on any atom is 0.0513 e. The van der Waals surface area contributed by atoms with E-state index in [1.54, 1.807) is 0 Å². The Labute approximate surface area is 100 Å². The van der Waals surface area contributed by atoms with E-state index in [4.69, 9.17) is 0 Å². The summed E-state index contributed by atoms with van der Waals surface area (Å²) in [4.78, 5) is 6.95. The molecule has 0 aromatic heterocycles. The largest absolute Gasteiger partial charge is 0.307 e. The number of aliphatic imine (C=N–C) groups is 1. The molecule has 16 heavy (non-hydrogen) atoms. The van der Waals surface area contributed by atoms with Crippen LogP contribution in [0.2, 0.25) is 0 Å². The normalized spacial score (nSPS) is 26.8. The lowest BCUT2D eigenvalue weighted by atomic mass is 10.0. The zero-order valence-electron chi connectivity index (χ0n) is 11.1. The first-order valence-corrected chi connectivity index (χ1v) is 6.74. The number of nitrogens with one attached hydrogen (secondary N) is 1. The fraction of sp³-hybridized carbons (Fsp3) is 0.923. The number of hydrogen-bond donors (Lipinski definition) is 1. The molecule has 1 aliphatic heterocycles. The summed E-state index contributed by atoms with van der Waals surface area (Å²) in [5.41, 5.74) is 0. The van der Waals surface area contributed by atoms with Crippen molar-refractivity contribution in [1.29, 1.82) is 0 Å². The van der Waals surface area contributed by atoms with Gasteiger partial charge in [0.15, 0.2) is 0 Å². The predicted molar refractivity (Wildman–Crippen MR) is 71.4 cm³/mol. The third-order valence-corrected chi connectivity index (χ3v) is 3.38. The van der Waals surface area contributed by atoms with Crippen molar-refractivity contribution in [3.8, 4) is 0 Å². The molecular formula is C13H27N3. The maximum absolute atomic E-state index is 4.54. The van der Waals surface area contributed by atoms with Crippen LogP contribution in [0, 0.1) is 0 Å². The number of likely N-dealkylation sites (N-methyl/N-ethyl adjacent to an activating group) is 1. The summed E-state index contributed by atoms with van der Waals surface area (Å²) < 4.78 is 0. The first-order valence-electron chi connectivity index (χ1n) is 6.74. The Morgan fingerprint density at radius 1 is 1.31 bits per heavy atom. The Balaban J connectivity index is 2.15. The topological polar surface area (TPSA) is 27.6 Å². The van der Waals surface area contributed by atoms with Gasteiger partial charge in [-0.3, -0.25) is 4.99 Å². The van der Waals surface area contributed by atoms with Crippen LogP contribution in [-0.2, 0) is 0 Å². The van der Waals surface area contributed by atoms with Crippen LogP contribution in [0.3, 0.4) is 0 Å². The molecule has 1 N–H and O–H groups in total. The van der Waals surface area contributed by atoms with Crippen LogP contribution >= 0.6 is 0 Å². The van der Waals surface area contributed by atoms with Crippen LogP contribution in [0.4, 0.5) is 0 Å². The minimum atomic E-state index is 0.514. The highest BCUT2D eigenvalue weighted by Gasteiger charge is 2.15. The monoisotopic (exact) mass is 225 g/mol. The van der Waals surface area contributed by atoms with Crippen LogP contribution in [0.1, 0.15) is 40.0 Å². The highest BCUT2D eigenvalue weighted by molar-refractivity contribution is 5.64. The Kier molecular flexibility index (Phi) is 6.65. The number of rotatable bonds is 6. The lowest BCUT2D eigenvalue weighted by Gasteiger charge is -2.26. The van der Waals surface area contributed by atoms with E-state index >= 15 is 0 Å². The summed E-state index contributed by atoms with van der Waals surface area (Å²) in [6, 6.07) is 1.17. The molecule has 2 atom stereocenters. The van der Waals surface area contributed by atoms with Gasteiger partial charge < -0.3 is 10.2 Å². The van der Waals surface area contributed by atoms with Gasteiger partial charge in [0.2, 0.25) is 0 Å². The van der Waals surface area contributed by atoms with E-state index in [1.165, 1.54) is 19.3 Å². The zero-order valence-corrected chi connectivity index (χ0v) is 11.1. The van der Waals surface area contributed by atoms with Gasteiger partial charge >= 0.3 is 0 Å². The van der Waals surface area contributed by atoms with Crippen molar-refractivity contribution in [1.82, 2.24) is 10.2 Å². The zero-order chi connectivity index (χ0) is 11.8. The molecule has 3 nitrogen and oxygen atoms in total. The van der Waals surface area contributed by atoms with Crippen molar-refractivity contribution in [2.75, 3.05) is 26.2 Å². The third-order valence-electron chi connectivity index (χ3n) is 3.38. The number of piperidine rings is 1. The standard InChI is InChI=1S/C13H27N3/c1-4-16(5-2)10-9-14-11-13-8-6-7-12(3)15-13/h11-13,15H,4-10H2,1-3H3. The van der Waals surface area contributed by atoms with Crippen LogP contribution in [0.15, 0.2) is 4.99 Å². The Hall–Kier alpha value is -0.410.